The predicted octanol–water partition coefficient (Wildman–Crippen LogP) is 2.95. The van der Waals surface area contributed by atoms with Crippen molar-refractivity contribution >= 4 is 16.9 Å². The second kappa shape index (κ2) is 7.71. The van der Waals surface area contributed by atoms with Crippen molar-refractivity contribution < 1.29 is 22.7 Å². The molecule has 9 heteroatoms. The van der Waals surface area contributed by atoms with E-state index < -0.39 is 17.8 Å². The molecule has 0 unspecified atom stereocenters. The lowest BCUT2D eigenvalue weighted by Crippen LogP contribution is -2.34. The quantitative estimate of drug-likeness (QED) is 0.671. The number of carbonyl (C=O) groups excluding carboxylic acids is 1. The Morgan fingerprint density at radius 1 is 1.14 bits per heavy atom. The van der Waals surface area contributed by atoms with Crippen molar-refractivity contribution in [2.75, 3.05) is 7.05 Å². The van der Waals surface area contributed by atoms with Gasteiger partial charge in [0.15, 0.2) is 0 Å². The van der Waals surface area contributed by atoms with Gasteiger partial charge in [-0.05, 0) is 18.2 Å². The van der Waals surface area contributed by atoms with E-state index in [0.717, 1.165) is 6.20 Å². The summed E-state index contributed by atoms with van der Waals surface area (Å²) in [4.78, 5) is 30.0. The molecule has 1 aromatic heterocycles. The minimum atomic E-state index is -4.83. The van der Waals surface area contributed by atoms with Crippen LogP contribution in [-0.2, 0) is 17.9 Å². The summed E-state index contributed by atoms with van der Waals surface area (Å²) in [5, 5.41) is 0. The van der Waals surface area contributed by atoms with E-state index in [4.69, 9.17) is 0 Å². The number of hydrogen-bond acceptors (Lipinski definition) is 4. The highest BCUT2D eigenvalue weighted by atomic mass is 19.4. The molecule has 2 aromatic carbocycles. The first-order valence-corrected chi connectivity index (χ1v) is 8.27. The molecule has 0 aliphatic heterocycles. The third-order valence-corrected chi connectivity index (χ3v) is 4.08. The first-order valence-electron chi connectivity index (χ1n) is 8.27. The zero-order valence-electron chi connectivity index (χ0n) is 14.8. The van der Waals surface area contributed by atoms with Gasteiger partial charge in [0, 0.05) is 19.2 Å². The lowest BCUT2D eigenvalue weighted by atomic mass is 10.2. The number of alkyl halides is 3. The minimum Gasteiger partial charge on any atom is -0.405 e. The number of rotatable bonds is 5. The van der Waals surface area contributed by atoms with Crippen molar-refractivity contribution in [3.63, 3.8) is 0 Å². The van der Waals surface area contributed by atoms with Crippen LogP contribution in [0.2, 0.25) is 0 Å². The van der Waals surface area contributed by atoms with E-state index >= 15 is 0 Å². The van der Waals surface area contributed by atoms with Gasteiger partial charge >= 0.3 is 6.36 Å². The maximum atomic E-state index is 12.6. The first-order chi connectivity index (χ1) is 13.2. The maximum Gasteiger partial charge on any atom is 0.573 e. The molecule has 0 saturated heterocycles. The summed E-state index contributed by atoms with van der Waals surface area (Å²) in [5.74, 6) is -0.818. The average molecular weight is 391 g/mol. The van der Waals surface area contributed by atoms with E-state index in [0.29, 0.717) is 11.0 Å². The third-order valence-electron chi connectivity index (χ3n) is 4.08. The molecule has 3 aromatic rings. The molecular weight excluding hydrogens is 375 g/mol. The van der Waals surface area contributed by atoms with E-state index in [-0.39, 0.29) is 24.4 Å². The molecule has 0 aliphatic rings. The van der Waals surface area contributed by atoms with Crippen LogP contribution in [0.25, 0.3) is 11.0 Å². The Morgan fingerprint density at radius 3 is 2.57 bits per heavy atom. The van der Waals surface area contributed by atoms with Gasteiger partial charge < -0.3 is 9.64 Å². The highest BCUT2D eigenvalue weighted by Gasteiger charge is 2.32. The molecule has 0 N–H and O–H groups in total. The molecule has 146 valence electrons. The molecule has 3 rings (SSSR count). The topological polar surface area (TPSA) is 64.4 Å². The largest absolute Gasteiger partial charge is 0.573 e. The molecule has 0 aliphatic carbocycles. The van der Waals surface area contributed by atoms with Gasteiger partial charge in [0.1, 0.15) is 12.3 Å². The standard InChI is InChI=1S/C19H16F3N3O3/c1-24(11-13-6-2-5-9-16(13)28-19(20,21)22)18(27)12-25-15-8-4-3-7-14(15)23-10-17(25)26/h2-10H,11-12H2,1H3. The summed E-state index contributed by atoms with van der Waals surface area (Å²) in [5.41, 5.74) is 0.808. The molecule has 0 radical (unpaired) electrons. The summed E-state index contributed by atoms with van der Waals surface area (Å²) < 4.78 is 42.9. The van der Waals surface area contributed by atoms with E-state index in [1.165, 1.54) is 34.7 Å². The molecule has 28 heavy (non-hydrogen) atoms. The number of halogens is 3. The van der Waals surface area contributed by atoms with Crippen molar-refractivity contribution in [2.24, 2.45) is 0 Å². The van der Waals surface area contributed by atoms with Gasteiger partial charge in [-0.3, -0.25) is 14.2 Å². The monoisotopic (exact) mass is 391 g/mol. The number of likely N-dealkylation sites (N-methyl/N-ethyl adjacent to an activating group) is 1. The third kappa shape index (κ3) is 4.48. The molecular formula is C19H16F3N3O3. The van der Waals surface area contributed by atoms with Gasteiger partial charge in [-0.15, -0.1) is 13.2 Å². The summed E-state index contributed by atoms with van der Waals surface area (Å²) in [6.45, 7) is -0.372. The van der Waals surface area contributed by atoms with E-state index in [9.17, 15) is 22.8 Å². The SMILES string of the molecule is CN(Cc1ccccc1OC(F)(F)F)C(=O)Cn1c(=O)cnc2ccccc21. The predicted molar refractivity (Wildman–Crippen MR) is 95.6 cm³/mol. The van der Waals surface area contributed by atoms with Crippen molar-refractivity contribution in [3.05, 3.63) is 70.6 Å². The van der Waals surface area contributed by atoms with Crippen LogP contribution in [-0.4, -0.2) is 33.8 Å². The number of benzene rings is 2. The molecule has 6 nitrogen and oxygen atoms in total. The molecule has 0 atom stereocenters. The Hall–Kier alpha value is -3.36. The number of para-hydroxylation sites is 3. The number of aromatic nitrogens is 2. The van der Waals surface area contributed by atoms with Gasteiger partial charge in [-0.1, -0.05) is 30.3 Å². The Balaban J connectivity index is 1.80. The van der Waals surface area contributed by atoms with Gasteiger partial charge in [-0.25, -0.2) is 4.98 Å². The zero-order valence-corrected chi connectivity index (χ0v) is 14.8. The van der Waals surface area contributed by atoms with Crippen LogP contribution in [0.5, 0.6) is 5.75 Å². The molecule has 0 fully saturated rings. The average Bonchev–Trinajstić information content (AvgIpc) is 2.64. The highest BCUT2D eigenvalue weighted by molar-refractivity contribution is 5.80. The van der Waals surface area contributed by atoms with E-state index in [1.807, 2.05) is 0 Å². The minimum absolute atomic E-state index is 0.108. The van der Waals surface area contributed by atoms with Gasteiger partial charge in [0.25, 0.3) is 5.56 Å². The Labute approximate surface area is 157 Å². The normalized spacial score (nSPS) is 11.4. The van der Waals surface area contributed by atoms with E-state index in [2.05, 4.69) is 9.72 Å². The van der Waals surface area contributed by atoms with Crippen LogP contribution in [0.4, 0.5) is 13.2 Å². The molecule has 1 heterocycles. The molecule has 0 bridgehead atoms. The summed E-state index contributed by atoms with van der Waals surface area (Å²) in [6, 6.07) is 12.5. The fourth-order valence-electron chi connectivity index (χ4n) is 2.74. The number of ether oxygens (including phenoxy) is 1. The lowest BCUT2D eigenvalue weighted by Gasteiger charge is -2.20. The van der Waals surface area contributed by atoms with Gasteiger partial charge in [0.2, 0.25) is 5.91 Å². The van der Waals surface area contributed by atoms with Crippen molar-refractivity contribution in [1.82, 2.24) is 14.5 Å². The van der Waals surface area contributed by atoms with E-state index in [1.54, 1.807) is 30.3 Å². The number of carbonyl (C=O) groups is 1. The van der Waals surface area contributed by atoms with Crippen molar-refractivity contribution in [3.8, 4) is 5.75 Å². The summed E-state index contributed by atoms with van der Waals surface area (Å²) in [7, 11) is 1.45. The Kier molecular flexibility index (Phi) is 5.34. The first kappa shape index (κ1) is 19.4. The van der Waals surface area contributed by atoms with Gasteiger partial charge in [-0.2, -0.15) is 0 Å². The van der Waals surface area contributed by atoms with Crippen LogP contribution in [0.15, 0.2) is 59.5 Å². The van der Waals surface area contributed by atoms with Crippen LogP contribution in [0, 0.1) is 0 Å². The fraction of sp³-hybridized carbons (Fsp3) is 0.211. The number of hydrogen-bond donors (Lipinski definition) is 0. The summed E-state index contributed by atoms with van der Waals surface area (Å²) in [6.07, 6.45) is -3.70. The van der Waals surface area contributed by atoms with Crippen molar-refractivity contribution in [1.29, 1.82) is 0 Å². The fourth-order valence-corrected chi connectivity index (χ4v) is 2.74. The highest BCUT2D eigenvalue weighted by Crippen LogP contribution is 2.27. The zero-order chi connectivity index (χ0) is 20.3. The van der Waals surface area contributed by atoms with Crippen LogP contribution in [0.3, 0.4) is 0 Å². The van der Waals surface area contributed by atoms with Crippen molar-refractivity contribution in [2.45, 2.75) is 19.5 Å². The van der Waals surface area contributed by atoms with Crippen LogP contribution < -0.4 is 10.3 Å². The molecule has 0 spiro atoms. The van der Waals surface area contributed by atoms with Gasteiger partial charge in [0.05, 0.1) is 17.2 Å². The second-order valence-electron chi connectivity index (χ2n) is 6.08. The van der Waals surface area contributed by atoms with Crippen LogP contribution >= 0.6 is 0 Å². The van der Waals surface area contributed by atoms with Crippen LogP contribution in [0.1, 0.15) is 5.56 Å². The lowest BCUT2D eigenvalue weighted by molar-refractivity contribution is -0.275. The maximum absolute atomic E-state index is 12.6. The number of fused-ring (bicyclic) bond motifs is 1. The molecule has 1 amide bonds. The second-order valence-corrected chi connectivity index (χ2v) is 6.08. The number of amides is 1. The Morgan fingerprint density at radius 2 is 1.82 bits per heavy atom. The number of nitrogens with zero attached hydrogens (tertiary/aromatic N) is 3. The smallest absolute Gasteiger partial charge is 0.405 e. The summed E-state index contributed by atoms with van der Waals surface area (Å²) >= 11 is 0. The molecule has 0 saturated carbocycles. The Bertz CT molecular complexity index is 1060.